The smallest absolute Gasteiger partial charge is 0.409 e. The summed E-state index contributed by atoms with van der Waals surface area (Å²) in [5.41, 5.74) is 0. The van der Waals surface area contributed by atoms with Gasteiger partial charge in [0.2, 0.25) is 0 Å². The van der Waals surface area contributed by atoms with Crippen LogP contribution in [-0.4, -0.2) is 125 Å². The number of nitrogens with zero attached hydrogens (tertiary/aromatic N) is 4. The zero-order valence-electron chi connectivity index (χ0n) is 15.4. The summed E-state index contributed by atoms with van der Waals surface area (Å²) >= 11 is 0. The van der Waals surface area contributed by atoms with Gasteiger partial charge in [-0.1, -0.05) is 0 Å². The molecular weight excluding hydrogens is 326 g/mol. The van der Waals surface area contributed by atoms with Gasteiger partial charge in [-0.05, 0) is 14.1 Å². The van der Waals surface area contributed by atoms with E-state index in [1.165, 1.54) is 0 Å². The molecule has 0 saturated carbocycles. The first-order chi connectivity index (χ1) is 12.1. The molecule has 9 heteroatoms. The van der Waals surface area contributed by atoms with Gasteiger partial charge in [-0.15, -0.1) is 0 Å². The lowest BCUT2D eigenvalue weighted by molar-refractivity contribution is 0.0785. The zero-order valence-corrected chi connectivity index (χ0v) is 15.4. The highest BCUT2D eigenvalue weighted by Crippen LogP contribution is 2.02. The van der Waals surface area contributed by atoms with Crippen molar-refractivity contribution in [1.82, 2.24) is 24.9 Å². The number of ether oxygens (including phenoxy) is 2. The minimum Gasteiger partial charge on any atom is -0.448 e. The molecular formula is C16H31N5O4. The Morgan fingerprint density at radius 1 is 0.720 bits per heavy atom. The maximum absolute atomic E-state index is 11.9. The number of hydrogen-bond donors (Lipinski definition) is 1. The van der Waals surface area contributed by atoms with Gasteiger partial charge < -0.3 is 34.4 Å². The standard InChI is InChI=1S/C16H31N5O4/c1-18-5-9-20(10-6-18)15(22)24-13-3-17-4-14-25-16(23)21-11-7-19(2)8-12-21/h17H,3-14H2,1-2H3. The molecule has 0 bridgehead atoms. The molecule has 2 aliphatic rings. The van der Waals surface area contributed by atoms with E-state index in [1.54, 1.807) is 9.80 Å². The highest BCUT2D eigenvalue weighted by atomic mass is 16.6. The van der Waals surface area contributed by atoms with Crippen molar-refractivity contribution in [1.29, 1.82) is 0 Å². The highest BCUT2D eigenvalue weighted by molar-refractivity contribution is 5.68. The molecule has 25 heavy (non-hydrogen) atoms. The number of nitrogens with one attached hydrogen (secondary N) is 1. The number of likely N-dealkylation sites (N-methyl/N-ethyl adjacent to an activating group) is 2. The molecule has 0 spiro atoms. The lowest BCUT2D eigenvalue weighted by atomic mass is 10.3. The van der Waals surface area contributed by atoms with Gasteiger partial charge in [0.15, 0.2) is 0 Å². The number of hydrogen-bond acceptors (Lipinski definition) is 7. The van der Waals surface area contributed by atoms with Crippen LogP contribution in [0.4, 0.5) is 9.59 Å². The van der Waals surface area contributed by atoms with Crippen molar-refractivity contribution >= 4 is 12.2 Å². The number of amides is 2. The minimum absolute atomic E-state index is 0.253. The Hall–Kier alpha value is -1.58. The Labute approximate surface area is 149 Å². The summed E-state index contributed by atoms with van der Waals surface area (Å²) in [5, 5.41) is 3.11. The number of carbonyl (C=O) groups is 2. The Bertz CT molecular complexity index is 383. The van der Waals surface area contributed by atoms with Gasteiger partial charge in [-0.3, -0.25) is 0 Å². The molecule has 1 N–H and O–H groups in total. The Morgan fingerprint density at radius 2 is 1.08 bits per heavy atom. The van der Waals surface area contributed by atoms with Crippen molar-refractivity contribution in [3.05, 3.63) is 0 Å². The van der Waals surface area contributed by atoms with Gasteiger partial charge in [0, 0.05) is 65.4 Å². The molecule has 2 rings (SSSR count). The summed E-state index contributed by atoms with van der Waals surface area (Å²) in [6.07, 6.45) is -0.507. The quantitative estimate of drug-likeness (QED) is 0.633. The predicted molar refractivity (Wildman–Crippen MR) is 93.7 cm³/mol. The summed E-state index contributed by atoms with van der Waals surface area (Å²) < 4.78 is 10.5. The van der Waals surface area contributed by atoms with E-state index in [1.807, 2.05) is 14.1 Å². The fraction of sp³-hybridized carbons (Fsp3) is 0.875. The first-order valence-corrected chi connectivity index (χ1v) is 8.97. The third-order valence-corrected chi connectivity index (χ3v) is 4.53. The van der Waals surface area contributed by atoms with Crippen LogP contribution >= 0.6 is 0 Å². The summed E-state index contributed by atoms with van der Waals surface area (Å²) in [7, 11) is 4.09. The van der Waals surface area contributed by atoms with E-state index in [2.05, 4.69) is 15.1 Å². The van der Waals surface area contributed by atoms with Crippen LogP contribution in [0.3, 0.4) is 0 Å². The number of piperazine rings is 2. The van der Waals surface area contributed by atoms with Gasteiger partial charge in [-0.2, -0.15) is 0 Å². The maximum Gasteiger partial charge on any atom is 0.409 e. The van der Waals surface area contributed by atoms with Crippen LogP contribution in [-0.2, 0) is 9.47 Å². The second-order valence-corrected chi connectivity index (χ2v) is 6.56. The molecule has 0 aromatic rings. The zero-order chi connectivity index (χ0) is 18.1. The van der Waals surface area contributed by atoms with Gasteiger partial charge in [-0.25, -0.2) is 9.59 Å². The first kappa shape index (κ1) is 19.7. The number of rotatable bonds is 6. The minimum atomic E-state index is -0.253. The SMILES string of the molecule is CN1CCN(C(=O)OCCNCCOC(=O)N2CCN(C)CC2)CC1. The lowest BCUT2D eigenvalue weighted by Gasteiger charge is -2.31. The van der Waals surface area contributed by atoms with Crippen LogP contribution in [0, 0.1) is 0 Å². The summed E-state index contributed by atoms with van der Waals surface area (Å²) in [4.78, 5) is 31.6. The van der Waals surface area contributed by atoms with Gasteiger partial charge in [0.25, 0.3) is 0 Å². The van der Waals surface area contributed by atoms with Crippen molar-refractivity contribution < 1.29 is 19.1 Å². The molecule has 2 heterocycles. The first-order valence-electron chi connectivity index (χ1n) is 8.97. The largest absolute Gasteiger partial charge is 0.448 e. The second kappa shape index (κ2) is 10.4. The summed E-state index contributed by atoms with van der Waals surface area (Å²) in [5.74, 6) is 0. The van der Waals surface area contributed by atoms with E-state index in [9.17, 15) is 9.59 Å². The molecule has 0 aromatic heterocycles. The Kier molecular flexibility index (Phi) is 8.23. The second-order valence-electron chi connectivity index (χ2n) is 6.56. The van der Waals surface area contributed by atoms with Crippen LogP contribution in [0.1, 0.15) is 0 Å². The third-order valence-electron chi connectivity index (χ3n) is 4.53. The van der Waals surface area contributed by atoms with Crippen molar-refractivity contribution in [2.24, 2.45) is 0 Å². The average Bonchev–Trinajstić information content (AvgIpc) is 2.61. The van der Waals surface area contributed by atoms with Crippen LogP contribution in [0.5, 0.6) is 0 Å². The van der Waals surface area contributed by atoms with Crippen LogP contribution in [0.2, 0.25) is 0 Å². The fourth-order valence-electron chi connectivity index (χ4n) is 2.71. The van der Waals surface area contributed by atoms with Crippen LogP contribution in [0.25, 0.3) is 0 Å². The van der Waals surface area contributed by atoms with E-state index in [4.69, 9.17) is 9.47 Å². The summed E-state index contributed by atoms with van der Waals surface area (Å²) in [6.45, 7) is 8.11. The van der Waals surface area contributed by atoms with Gasteiger partial charge in [0.1, 0.15) is 13.2 Å². The fourth-order valence-corrected chi connectivity index (χ4v) is 2.71. The van der Waals surface area contributed by atoms with Crippen LogP contribution < -0.4 is 5.32 Å². The van der Waals surface area contributed by atoms with Gasteiger partial charge in [0.05, 0.1) is 0 Å². The predicted octanol–water partition coefficient (Wildman–Crippen LogP) is -0.656. The molecule has 144 valence electrons. The molecule has 9 nitrogen and oxygen atoms in total. The highest BCUT2D eigenvalue weighted by Gasteiger charge is 2.20. The van der Waals surface area contributed by atoms with Gasteiger partial charge >= 0.3 is 12.2 Å². The van der Waals surface area contributed by atoms with E-state index < -0.39 is 0 Å². The molecule has 2 fully saturated rings. The third kappa shape index (κ3) is 7.05. The van der Waals surface area contributed by atoms with E-state index in [-0.39, 0.29) is 12.2 Å². The molecule has 0 aliphatic carbocycles. The molecule has 0 aromatic carbocycles. The monoisotopic (exact) mass is 357 g/mol. The van der Waals surface area contributed by atoms with Crippen molar-refractivity contribution in [2.45, 2.75) is 0 Å². The number of carbonyl (C=O) groups excluding carboxylic acids is 2. The molecule has 2 aliphatic heterocycles. The summed E-state index contributed by atoms with van der Waals surface area (Å²) in [6, 6.07) is 0. The van der Waals surface area contributed by atoms with Crippen molar-refractivity contribution in [3.63, 3.8) is 0 Å². The Balaban J connectivity index is 1.44. The van der Waals surface area contributed by atoms with E-state index in [0.717, 1.165) is 26.2 Å². The topological polar surface area (TPSA) is 77.6 Å². The average molecular weight is 357 g/mol. The molecule has 2 amide bonds. The van der Waals surface area contributed by atoms with Crippen molar-refractivity contribution in [2.75, 3.05) is 92.8 Å². The normalized spacial score (nSPS) is 19.8. The van der Waals surface area contributed by atoms with E-state index >= 15 is 0 Å². The molecule has 0 atom stereocenters. The van der Waals surface area contributed by atoms with E-state index in [0.29, 0.717) is 52.5 Å². The Morgan fingerprint density at radius 3 is 1.44 bits per heavy atom. The lowest BCUT2D eigenvalue weighted by Crippen LogP contribution is -2.47. The maximum atomic E-state index is 11.9. The molecule has 0 unspecified atom stereocenters. The van der Waals surface area contributed by atoms with Crippen LogP contribution in [0.15, 0.2) is 0 Å². The molecule has 0 radical (unpaired) electrons. The van der Waals surface area contributed by atoms with Crippen molar-refractivity contribution in [3.8, 4) is 0 Å². The molecule has 2 saturated heterocycles.